The van der Waals surface area contributed by atoms with Crippen molar-refractivity contribution in [2.75, 3.05) is 11.9 Å². The van der Waals surface area contributed by atoms with Crippen LogP contribution < -0.4 is 16.4 Å². The van der Waals surface area contributed by atoms with Crippen LogP contribution in [0.5, 0.6) is 0 Å². The second kappa shape index (κ2) is 7.04. The van der Waals surface area contributed by atoms with Gasteiger partial charge in [-0.2, -0.15) is 0 Å². The molecule has 0 saturated carbocycles. The Morgan fingerprint density at radius 3 is 2.74 bits per heavy atom. The van der Waals surface area contributed by atoms with E-state index >= 15 is 0 Å². The fourth-order valence-corrected chi connectivity index (χ4v) is 1.66. The molecule has 0 aliphatic carbocycles. The SMILES string of the molecule is CC(C)CNC(=O)C(C)Nc1cnccc1C(N)=S. The largest absolute Gasteiger partial charge is 0.389 e. The Balaban J connectivity index is 2.69. The van der Waals surface area contributed by atoms with Crippen LogP contribution in [0.25, 0.3) is 0 Å². The highest BCUT2D eigenvalue weighted by atomic mass is 32.1. The summed E-state index contributed by atoms with van der Waals surface area (Å²) in [5, 5.41) is 5.94. The third-order valence-electron chi connectivity index (χ3n) is 2.54. The topological polar surface area (TPSA) is 80.0 Å². The minimum atomic E-state index is -0.379. The molecule has 0 radical (unpaired) electrons. The summed E-state index contributed by atoms with van der Waals surface area (Å²) in [6.45, 7) is 6.53. The van der Waals surface area contributed by atoms with E-state index in [1.54, 1.807) is 25.4 Å². The molecule has 0 saturated heterocycles. The third kappa shape index (κ3) is 4.82. The van der Waals surface area contributed by atoms with Crippen LogP contribution in [0.2, 0.25) is 0 Å². The average molecular weight is 280 g/mol. The number of amides is 1. The summed E-state index contributed by atoms with van der Waals surface area (Å²) in [7, 11) is 0. The molecule has 5 nitrogen and oxygen atoms in total. The molecule has 1 aromatic rings. The van der Waals surface area contributed by atoms with Gasteiger partial charge in [-0.3, -0.25) is 9.78 Å². The van der Waals surface area contributed by atoms with Gasteiger partial charge in [0.15, 0.2) is 0 Å². The van der Waals surface area contributed by atoms with Gasteiger partial charge in [-0.15, -0.1) is 0 Å². The van der Waals surface area contributed by atoms with Crippen LogP contribution in [0.3, 0.4) is 0 Å². The number of nitrogens with two attached hydrogens (primary N) is 1. The first-order chi connectivity index (χ1) is 8.91. The number of anilines is 1. The van der Waals surface area contributed by atoms with Crippen molar-refractivity contribution in [3.05, 3.63) is 24.0 Å². The highest BCUT2D eigenvalue weighted by Crippen LogP contribution is 2.14. The summed E-state index contributed by atoms with van der Waals surface area (Å²) in [6.07, 6.45) is 3.23. The quantitative estimate of drug-likeness (QED) is 0.684. The molecule has 6 heteroatoms. The second-order valence-corrected chi connectivity index (χ2v) is 5.23. The van der Waals surface area contributed by atoms with Gasteiger partial charge in [-0.25, -0.2) is 0 Å². The van der Waals surface area contributed by atoms with Crippen molar-refractivity contribution in [1.29, 1.82) is 0 Å². The molecule has 1 rings (SSSR count). The lowest BCUT2D eigenvalue weighted by molar-refractivity contribution is -0.121. The van der Waals surface area contributed by atoms with Crippen molar-refractivity contribution in [3.63, 3.8) is 0 Å². The van der Waals surface area contributed by atoms with Crippen molar-refractivity contribution in [1.82, 2.24) is 10.3 Å². The summed E-state index contributed by atoms with van der Waals surface area (Å²) < 4.78 is 0. The predicted octanol–water partition coefficient (Wildman–Crippen LogP) is 1.29. The lowest BCUT2D eigenvalue weighted by Gasteiger charge is -2.17. The van der Waals surface area contributed by atoms with E-state index in [0.29, 0.717) is 23.7 Å². The summed E-state index contributed by atoms with van der Waals surface area (Å²) in [6, 6.07) is 1.35. The Labute approximate surface area is 119 Å². The summed E-state index contributed by atoms with van der Waals surface area (Å²) >= 11 is 4.96. The van der Waals surface area contributed by atoms with Crippen LogP contribution in [0, 0.1) is 5.92 Å². The van der Waals surface area contributed by atoms with Gasteiger partial charge in [0.2, 0.25) is 5.91 Å². The van der Waals surface area contributed by atoms with Crippen LogP contribution in [0.15, 0.2) is 18.5 Å². The first-order valence-electron chi connectivity index (χ1n) is 6.20. The van der Waals surface area contributed by atoms with E-state index in [1.165, 1.54) is 0 Å². The van der Waals surface area contributed by atoms with E-state index in [4.69, 9.17) is 18.0 Å². The Kier molecular flexibility index (Phi) is 5.69. The molecule has 0 aromatic carbocycles. The van der Waals surface area contributed by atoms with E-state index in [1.807, 2.05) is 13.8 Å². The van der Waals surface area contributed by atoms with Gasteiger partial charge in [0, 0.05) is 18.3 Å². The maximum absolute atomic E-state index is 11.9. The average Bonchev–Trinajstić information content (AvgIpc) is 2.36. The van der Waals surface area contributed by atoms with Gasteiger partial charge in [0.1, 0.15) is 11.0 Å². The van der Waals surface area contributed by atoms with Crippen LogP contribution >= 0.6 is 12.2 Å². The number of aromatic nitrogens is 1. The molecular formula is C13H20N4OS. The van der Waals surface area contributed by atoms with Crippen molar-refractivity contribution < 1.29 is 4.79 Å². The third-order valence-corrected chi connectivity index (χ3v) is 2.76. The van der Waals surface area contributed by atoms with Crippen molar-refractivity contribution in [2.24, 2.45) is 11.7 Å². The Hall–Kier alpha value is -1.69. The Morgan fingerprint density at radius 1 is 1.47 bits per heavy atom. The smallest absolute Gasteiger partial charge is 0.242 e. The number of hydrogen-bond donors (Lipinski definition) is 3. The number of carbonyl (C=O) groups excluding carboxylic acids is 1. The zero-order chi connectivity index (χ0) is 14.4. The van der Waals surface area contributed by atoms with E-state index < -0.39 is 0 Å². The molecule has 1 unspecified atom stereocenters. The molecule has 1 aromatic heterocycles. The molecule has 0 fully saturated rings. The van der Waals surface area contributed by atoms with Crippen LogP contribution in [-0.4, -0.2) is 28.5 Å². The zero-order valence-electron chi connectivity index (χ0n) is 11.4. The number of nitrogens with one attached hydrogen (secondary N) is 2. The molecule has 0 bridgehead atoms. The van der Waals surface area contributed by atoms with Gasteiger partial charge in [0.05, 0.1) is 11.9 Å². The molecule has 4 N–H and O–H groups in total. The standard InChI is InChI=1S/C13H20N4OS/c1-8(2)6-16-13(18)9(3)17-11-7-15-5-4-10(11)12(14)19/h4-5,7-9,17H,6H2,1-3H3,(H2,14,19)(H,16,18). The first kappa shape index (κ1) is 15.4. The van der Waals surface area contributed by atoms with Crippen molar-refractivity contribution in [2.45, 2.75) is 26.8 Å². The number of rotatable bonds is 6. The number of carbonyl (C=O) groups is 1. The number of hydrogen-bond acceptors (Lipinski definition) is 4. The van der Waals surface area contributed by atoms with Crippen LogP contribution in [0.4, 0.5) is 5.69 Å². The summed E-state index contributed by atoms with van der Waals surface area (Å²) in [5.41, 5.74) is 6.99. The lowest BCUT2D eigenvalue weighted by Crippen LogP contribution is -2.39. The van der Waals surface area contributed by atoms with E-state index in [-0.39, 0.29) is 16.9 Å². The maximum Gasteiger partial charge on any atom is 0.242 e. The monoisotopic (exact) mass is 280 g/mol. The van der Waals surface area contributed by atoms with E-state index in [2.05, 4.69) is 15.6 Å². The van der Waals surface area contributed by atoms with Crippen molar-refractivity contribution in [3.8, 4) is 0 Å². The van der Waals surface area contributed by atoms with Crippen molar-refractivity contribution >= 4 is 28.8 Å². The van der Waals surface area contributed by atoms with Crippen LogP contribution in [-0.2, 0) is 4.79 Å². The van der Waals surface area contributed by atoms with Gasteiger partial charge in [-0.1, -0.05) is 26.1 Å². The fourth-order valence-electron chi connectivity index (χ4n) is 1.48. The minimum absolute atomic E-state index is 0.0635. The van der Waals surface area contributed by atoms with Gasteiger partial charge in [0.25, 0.3) is 0 Å². The molecule has 1 heterocycles. The maximum atomic E-state index is 11.9. The van der Waals surface area contributed by atoms with Gasteiger partial charge >= 0.3 is 0 Å². The number of nitrogens with zero attached hydrogens (tertiary/aromatic N) is 1. The fraction of sp³-hybridized carbons (Fsp3) is 0.462. The lowest BCUT2D eigenvalue weighted by atomic mass is 10.2. The molecule has 104 valence electrons. The number of thiocarbonyl (C=S) groups is 1. The van der Waals surface area contributed by atoms with Gasteiger partial charge in [-0.05, 0) is 18.9 Å². The summed E-state index contributed by atoms with van der Waals surface area (Å²) in [4.78, 5) is 16.2. The van der Waals surface area contributed by atoms with Crippen LogP contribution in [0.1, 0.15) is 26.3 Å². The molecule has 1 atom stereocenters. The molecule has 0 spiro atoms. The summed E-state index contributed by atoms with van der Waals surface area (Å²) in [5.74, 6) is 0.355. The number of pyridine rings is 1. The molecule has 0 aliphatic heterocycles. The molecular weight excluding hydrogens is 260 g/mol. The second-order valence-electron chi connectivity index (χ2n) is 4.79. The highest BCUT2D eigenvalue weighted by molar-refractivity contribution is 7.80. The molecule has 1 amide bonds. The van der Waals surface area contributed by atoms with E-state index in [9.17, 15) is 4.79 Å². The highest BCUT2D eigenvalue weighted by Gasteiger charge is 2.14. The van der Waals surface area contributed by atoms with E-state index in [0.717, 1.165) is 0 Å². The Bertz CT molecular complexity index is 462. The van der Waals surface area contributed by atoms with Gasteiger partial charge < -0.3 is 16.4 Å². The minimum Gasteiger partial charge on any atom is -0.389 e. The zero-order valence-corrected chi connectivity index (χ0v) is 12.3. The Morgan fingerprint density at radius 2 is 2.16 bits per heavy atom. The predicted molar refractivity (Wildman–Crippen MR) is 81.1 cm³/mol. The normalized spacial score (nSPS) is 12.0. The molecule has 0 aliphatic rings. The molecule has 19 heavy (non-hydrogen) atoms. The first-order valence-corrected chi connectivity index (χ1v) is 6.60.